The highest BCUT2D eigenvalue weighted by Crippen LogP contribution is 2.27. The van der Waals surface area contributed by atoms with Gasteiger partial charge in [-0.1, -0.05) is 0 Å². The molecule has 2 rings (SSSR count). The van der Waals surface area contributed by atoms with Crippen LogP contribution >= 0.6 is 12.2 Å². The molecular weight excluding hydrogens is 386 g/mol. The summed E-state index contributed by atoms with van der Waals surface area (Å²) in [4.78, 5) is 22.3. The van der Waals surface area contributed by atoms with E-state index in [-0.39, 0.29) is 22.2 Å². The summed E-state index contributed by atoms with van der Waals surface area (Å²) in [6, 6.07) is 9.95. The number of phenols is 1. The van der Waals surface area contributed by atoms with Crippen LogP contribution in [-0.4, -0.2) is 40.9 Å². The number of anilines is 1. The van der Waals surface area contributed by atoms with Gasteiger partial charge in [0, 0.05) is 18.2 Å². The minimum absolute atomic E-state index is 0.0637. The normalized spacial score (nSPS) is 10.2. The minimum Gasteiger partial charge on any atom is -0.506 e. The number of thiocarbonyl (C=S) groups is 1. The molecule has 0 aliphatic heterocycles. The average Bonchev–Trinajstić information content (AvgIpc) is 2.67. The number of nitrogens with one attached hydrogen (secondary N) is 2. The van der Waals surface area contributed by atoms with Crippen molar-refractivity contribution in [3.63, 3.8) is 0 Å². The molecule has 28 heavy (non-hydrogen) atoms. The summed E-state index contributed by atoms with van der Waals surface area (Å²) < 4.78 is 10.6. The molecule has 0 aliphatic rings. The monoisotopic (exact) mass is 405 g/mol. The van der Waals surface area contributed by atoms with Gasteiger partial charge in [0.05, 0.1) is 23.3 Å². The standard InChI is InChI=1S/C18H19N3O6S/c1-2-26-9-10-27-14-6-3-12(4-7-14)17(23)20-18(28)19-15-8-5-13(21(24)25)11-16(15)22/h3-8,11,22H,2,9-10H2,1H3,(H2,19,20,23,28). The van der Waals surface area contributed by atoms with E-state index in [2.05, 4.69) is 10.6 Å². The fraction of sp³-hybridized carbons (Fsp3) is 0.222. The van der Waals surface area contributed by atoms with E-state index in [4.69, 9.17) is 21.7 Å². The summed E-state index contributed by atoms with van der Waals surface area (Å²) in [5, 5.41) is 25.5. The van der Waals surface area contributed by atoms with Crippen LogP contribution in [0.2, 0.25) is 0 Å². The lowest BCUT2D eigenvalue weighted by Gasteiger charge is -2.11. The molecule has 2 aromatic carbocycles. The molecule has 3 N–H and O–H groups in total. The van der Waals surface area contributed by atoms with Crippen molar-refractivity contribution in [2.24, 2.45) is 0 Å². The number of non-ortho nitro benzene ring substituents is 1. The van der Waals surface area contributed by atoms with Gasteiger partial charge in [-0.15, -0.1) is 0 Å². The number of ether oxygens (including phenoxy) is 2. The molecule has 0 atom stereocenters. The Kier molecular flexibility index (Phi) is 7.66. The molecule has 0 aliphatic carbocycles. The predicted octanol–water partition coefficient (Wildman–Crippen LogP) is 2.84. The highest BCUT2D eigenvalue weighted by atomic mass is 32.1. The molecule has 0 radical (unpaired) electrons. The smallest absolute Gasteiger partial charge is 0.273 e. The molecule has 0 saturated heterocycles. The van der Waals surface area contributed by atoms with Crippen LogP contribution in [0.4, 0.5) is 11.4 Å². The van der Waals surface area contributed by atoms with Gasteiger partial charge < -0.3 is 19.9 Å². The Morgan fingerprint density at radius 1 is 1.21 bits per heavy atom. The summed E-state index contributed by atoms with van der Waals surface area (Å²) in [7, 11) is 0. The van der Waals surface area contributed by atoms with Gasteiger partial charge in [0.25, 0.3) is 11.6 Å². The van der Waals surface area contributed by atoms with Gasteiger partial charge in [-0.05, 0) is 49.5 Å². The lowest BCUT2D eigenvalue weighted by atomic mass is 10.2. The van der Waals surface area contributed by atoms with Crippen molar-refractivity contribution in [2.45, 2.75) is 6.92 Å². The molecule has 2 aromatic rings. The van der Waals surface area contributed by atoms with Crippen molar-refractivity contribution in [1.82, 2.24) is 5.32 Å². The first-order valence-corrected chi connectivity index (χ1v) is 8.72. The van der Waals surface area contributed by atoms with Crippen LogP contribution in [0.5, 0.6) is 11.5 Å². The summed E-state index contributed by atoms with van der Waals surface area (Å²) in [5.41, 5.74) is 0.227. The second-order valence-corrected chi connectivity index (χ2v) is 5.84. The van der Waals surface area contributed by atoms with E-state index in [0.717, 1.165) is 6.07 Å². The van der Waals surface area contributed by atoms with Gasteiger partial charge in [-0.25, -0.2) is 0 Å². The van der Waals surface area contributed by atoms with Crippen LogP contribution in [-0.2, 0) is 4.74 Å². The van der Waals surface area contributed by atoms with E-state index in [1.54, 1.807) is 24.3 Å². The van der Waals surface area contributed by atoms with Gasteiger partial charge >= 0.3 is 0 Å². The molecule has 10 heteroatoms. The zero-order valence-corrected chi connectivity index (χ0v) is 15.8. The minimum atomic E-state index is -0.631. The molecule has 0 unspecified atom stereocenters. The first kappa shape index (κ1) is 21.1. The molecule has 0 heterocycles. The Labute approximate surface area is 166 Å². The SMILES string of the molecule is CCOCCOc1ccc(C(=O)NC(=S)Nc2ccc([N+](=O)[O-])cc2O)cc1. The first-order valence-electron chi connectivity index (χ1n) is 8.31. The van der Waals surface area contributed by atoms with Crippen LogP contribution in [0.25, 0.3) is 0 Å². The third kappa shape index (κ3) is 6.18. The van der Waals surface area contributed by atoms with Crippen molar-refractivity contribution in [3.05, 3.63) is 58.1 Å². The Morgan fingerprint density at radius 3 is 2.54 bits per heavy atom. The topological polar surface area (TPSA) is 123 Å². The molecule has 0 bridgehead atoms. The van der Waals surface area contributed by atoms with Crippen molar-refractivity contribution in [3.8, 4) is 11.5 Å². The number of rotatable bonds is 8. The highest BCUT2D eigenvalue weighted by molar-refractivity contribution is 7.80. The second kappa shape index (κ2) is 10.2. The van der Waals surface area contributed by atoms with Gasteiger partial charge in [0.1, 0.15) is 18.1 Å². The maximum Gasteiger partial charge on any atom is 0.273 e. The van der Waals surface area contributed by atoms with E-state index < -0.39 is 10.8 Å². The Bertz CT molecular complexity index is 857. The maximum absolute atomic E-state index is 12.2. The van der Waals surface area contributed by atoms with E-state index in [9.17, 15) is 20.0 Å². The number of nitrogens with zero attached hydrogens (tertiary/aromatic N) is 1. The number of nitro groups is 1. The van der Waals surface area contributed by atoms with Gasteiger partial charge in [0.2, 0.25) is 0 Å². The quantitative estimate of drug-likeness (QED) is 0.201. The van der Waals surface area contributed by atoms with Crippen molar-refractivity contribution < 1.29 is 24.3 Å². The molecule has 0 spiro atoms. The Balaban J connectivity index is 1.90. The van der Waals surface area contributed by atoms with Gasteiger partial charge in [-0.3, -0.25) is 20.2 Å². The molecule has 148 valence electrons. The Hall–Kier alpha value is -3.24. The van der Waals surface area contributed by atoms with Crippen LogP contribution in [0.15, 0.2) is 42.5 Å². The van der Waals surface area contributed by atoms with Crippen molar-refractivity contribution >= 4 is 34.6 Å². The maximum atomic E-state index is 12.2. The molecule has 0 fully saturated rings. The number of amides is 1. The summed E-state index contributed by atoms with van der Waals surface area (Å²) in [6.45, 7) is 3.41. The second-order valence-electron chi connectivity index (χ2n) is 5.44. The van der Waals surface area contributed by atoms with E-state index in [0.29, 0.717) is 31.1 Å². The zero-order chi connectivity index (χ0) is 20.5. The van der Waals surface area contributed by atoms with Crippen molar-refractivity contribution in [2.75, 3.05) is 25.1 Å². The van der Waals surface area contributed by atoms with Crippen LogP contribution in [0.1, 0.15) is 17.3 Å². The average molecular weight is 405 g/mol. The van der Waals surface area contributed by atoms with Crippen LogP contribution in [0.3, 0.4) is 0 Å². The van der Waals surface area contributed by atoms with Crippen molar-refractivity contribution in [1.29, 1.82) is 0 Å². The summed E-state index contributed by atoms with van der Waals surface area (Å²) in [5.74, 6) is -0.216. The van der Waals surface area contributed by atoms with Crippen LogP contribution in [0, 0.1) is 10.1 Å². The number of carbonyl (C=O) groups is 1. The number of phenolic OH excluding ortho intramolecular Hbond substituents is 1. The first-order chi connectivity index (χ1) is 13.4. The number of carbonyl (C=O) groups excluding carboxylic acids is 1. The Morgan fingerprint density at radius 2 is 1.93 bits per heavy atom. The lowest BCUT2D eigenvalue weighted by Crippen LogP contribution is -2.34. The lowest BCUT2D eigenvalue weighted by molar-refractivity contribution is -0.384. The van der Waals surface area contributed by atoms with E-state index >= 15 is 0 Å². The number of benzene rings is 2. The van der Waals surface area contributed by atoms with E-state index in [1.165, 1.54) is 12.1 Å². The number of hydrogen-bond acceptors (Lipinski definition) is 7. The zero-order valence-electron chi connectivity index (χ0n) is 15.0. The highest BCUT2D eigenvalue weighted by Gasteiger charge is 2.13. The molecule has 0 saturated carbocycles. The van der Waals surface area contributed by atoms with Gasteiger partial charge in [-0.2, -0.15) is 0 Å². The predicted molar refractivity (Wildman–Crippen MR) is 107 cm³/mol. The molecule has 0 aromatic heterocycles. The number of nitro benzene ring substituents is 1. The van der Waals surface area contributed by atoms with Crippen LogP contribution < -0.4 is 15.4 Å². The molecule has 1 amide bonds. The van der Waals surface area contributed by atoms with Gasteiger partial charge in [0.15, 0.2) is 5.11 Å². The largest absolute Gasteiger partial charge is 0.506 e. The summed E-state index contributed by atoms with van der Waals surface area (Å²) in [6.07, 6.45) is 0. The third-order valence-corrected chi connectivity index (χ3v) is 3.69. The number of aromatic hydroxyl groups is 1. The molecular formula is C18H19N3O6S. The fourth-order valence-electron chi connectivity index (χ4n) is 2.13. The molecule has 9 nitrogen and oxygen atoms in total. The third-order valence-electron chi connectivity index (χ3n) is 3.48. The fourth-order valence-corrected chi connectivity index (χ4v) is 2.34. The van der Waals surface area contributed by atoms with E-state index in [1.807, 2.05) is 6.92 Å². The number of hydrogen-bond donors (Lipinski definition) is 3. The summed E-state index contributed by atoms with van der Waals surface area (Å²) >= 11 is 5.04.